The van der Waals surface area contributed by atoms with Gasteiger partial charge in [0.1, 0.15) is 36.2 Å². The lowest BCUT2D eigenvalue weighted by Gasteiger charge is -2.29. The van der Waals surface area contributed by atoms with Crippen LogP contribution in [-0.2, 0) is 0 Å². The Hall–Kier alpha value is -2.20. The lowest BCUT2D eigenvalue weighted by atomic mass is 9.88. The zero-order valence-electron chi connectivity index (χ0n) is 17.6. The SMILES string of the molecule is COc1ccc(C2=C(I)COc3c2ccc2c3C(c3ccc(OC)cc3)=C(I)CO2)cc1. The predicted octanol–water partition coefficient (Wildman–Crippen LogP) is 6.88. The molecule has 0 bridgehead atoms. The Morgan fingerprint density at radius 2 is 1.19 bits per heavy atom. The highest BCUT2D eigenvalue weighted by Gasteiger charge is 2.30. The number of fused-ring (bicyclic) bond motifs is 3. The summed E-state index contributed by atoms with van der Waals surface area (Å²) in [6.07, 6.45) is 0. The predicted molar refractivity (Wildman–Crippen MR) is 144 cm³/mol. The minimum Gasteiger partial charge on any atom is -0.497 e. The third kappa shape index (κ3) is 3.77. The monoisotopic (exact) mass is 650 g/mol. The maximum atomic E-state index is 6.34. The number of ether oxygens (including phenoxy) is 4. The Kier molecular flexibility index (Phi) is 6.07. The second kappa shape index (κ2) is 8.97. The van der Waals surface area contributed by atoms with Gasteiger partial charge in [-0.15, -0.1) is 0 Å². The molecule has 0 radical (unpaired) electrons. The Labute approximate surface area is 214 Å². The van der Waals surface area contributed by atoms with E-state index in [1.54, 1.807) is 14.2 Å². The fourth-order valence-corrected chi connectivity index (χ4v) is 5.59. The van der Waals surface area contributed by atoms with E-state index in [0.717, 1.165) is 54.4 Å². The fourth-order valence-electron chi connectivity index (χ4n) is 4.10. The van der Waals surface area contributed by atoms with Gasteiger partial charge in [-0.1, -0.05) is 24.3 Å². The Morgan fingerprint density at radius 3 is 1.78 bits per heavy atom. The minimum atomic E-state index is 0.526. The molecule has 0 aromatic heterocycles. The van der Waals surface area contributed by atoms with Gasteiger partial charge in [0.05, 0.1) is 19.8 Å². The van der Waals surface area contributed by atoms with Crippen LogP contribution in [0.4, 0.5) is 0 Å². The smallest absolute Gasteiger partial charge is 0.139 e. The van der Waals surface area contributed by atoms with Crippen LogP contribution in [0.15, 0.2) is 67.8 Å². The molecular weight excluding hydrogens is 630 g/mol. The van der Waals surface area contributed by atoms with Crippen LogP contribution in [0.25, 0.3) is 11.1 Å². The first-order valence-corrected chi connectivity index (χ1v) is 12.3. The highest BCUT2D eigenvalue weighted by molar-refractivity contribution is 14.1. The van der Waals surface area contributed by atoms with Crippen molar-refractivity contribution in [1.82, 2.24) is 0 Å². The third-order valence-corrected chi connectivity index (χ3v) is 7.34. The quantitative estimate of drug-likeness (QED) is 0.289. The molecule has 0 fully saturated rings. The van der Waals surface area contributed by atoms with E-state index < -0.39 is 0 Å². The molecule has 2 heterocycles. The first kappa shape index (κ1) is 21.6. The number of benzene rings is 3. The van der Waals surface area contributed by atoms with Gasteiger partial charge in [-0.2, -0.15) is 0 Å². The number of halogens is 2. The van der Waals surface area contributed by atoms with Crippen molar-refractivity contribution in [3.63, 3.8) is 0 Å². The van der Waals surface area contributed by atoms with Crippen molar-refractivity contribution >= 4 is 56.3 Å². The van der Waals surface area contributed by atoms with E-state index in [1.165, 1.54) is 9.15 Å². The topological polar surface area (TPSA) is 36.9 Å². The van der Waals surface area contributed by atoms with Gasteiger partial charge in [-0.25, -0.2) is 0 Å². The molecule has 3 aromatic rings. The molecule has 2 aliphatic heterocycles. The van der Waals surface area contributed by atoms with E-state index in [-0.39, 0.29) is 0 Å². The molecule has 0 unspecified atom stereocenters. The highest BCUT2D eigenvalue weighted by atomic mass is 127. The molecular formula is C26H20I2O4. The van der Waals surface area contributed by atoms with Crippen molar-refractivity contribution in [3.05, 3.63) is 90.1 Å². The molecule has 3 aromatic carbocycles. The average molecular weight is 650 g/mol. The third-order valence-electron chi connectivity index (χ3n) is 5.64. The van der Waals surface area contributed by atoms with Crippen LogP contribution in [0.3, 0.4) is 0 Å². The summed E-state index contributed by atoms with van der Waals surface area (Å²) in [5.74, 6) is 3.39. The summed E-state index contributed by atoms with van der Waals surface area (Å²) in [6.45, 7) is 1.07. The maximum Gasteiger partial charge on any atom is 0.139 e. The summed E-state index contributed by atoms with van der Waals surface area (Å²) in [5, 5.41) is 0. The van der Waals surface area contributed by atoms with Gasteiger partial charge in [0.2, 0.25) is 0 Å². The van der Waals surface area contributed by atoms with Gasteiger partial charge in [0, 0.05) is 23.9 Å². The fraction of sp³-hybridized carbons (Fsp3) is 0.154. The van der Waals surface area contributed by atoms with Crippen molar-refractivity contribution in [2.24, 2.45) is 0 Å². The van der Waals surface area contributed by atoms with Crippen LogP contribution in [0.5, 0.6) is 23.0 Å². The van der Waals surface area contributed by atoms with Gasteiger partial charge < -0.3 is 18.9 Å². The minimum absolute atomic E-state index is 0.526. The molecule has 0 atom stereocenters. The van der Waals surface area contributed by atoms with E-state index in [1.807, 2.05) is 24.3 Å². The van der Waals surface area contributed by atoms with Gasteiger partial charge >= 0.3 is 0 Å². The van der Waals surface area contributed by atoms with Gasteiger partial charge in [-0.3, -0.25) is 0 Å². The molecule has 32 heavy (non-hydrogen) atoms. The molecule has 0 N–H and O–H groups in total. The summed E-state index contributed by atoms with van der Waals surface area (Å²) < 4.78 is 25.4. The number of methoxy groups -OCH3 is 2. The van der Waals surface area contributed by atoms with E-state index in [0.29, 0.717) is 13.2 Å². The largest absolute Gasteiger partial charge is 0.497 e. The normalized spacial score (nSPS) is 14.9. The van der Waals surface area contributed by atoms with E-state index in [9.17, 15) is 0 Å². The molecule has 0 aliphatic carbocycles. The van der Waals surface area contributed by atoms with Crippen LogP contribution in [0, 0.1) is 0 Å². The molecule has 162 valence electrons. The number of rotatable bonds is 4. The molecule has 6 heteroatoms. The molecule has 0 amide bonds. The van der Waals surface area contributed by atoms with Crippen LogP contribution >= 0.6 is 45.2 Å². The molecule has 5 rings (SSSR count). The maximum absolute atomic E-state index is 6.34. The molecule has 0 spiro atoms. The molecule has 4 nitrogen and oxygen atoms in total. The van der Waals surface area contributed by atoms with Gasteiger partial charge in [-0.05, 0) is 92.7 Å². The van der Waals surface area contributed by atoms with E-state index >= 15 is 0 Å². The lowest BCUT2D eigenvalue weighted by molar-refractivity contribution is 0.334. The first-order valence-electron chi connectivity index (χ1n) is 10.1. The first-order chi connectivity index (χ1) is 15.6. The summed E-state index contributed by atoms with van der Waals surface area (Å²) >= 11 is 4.77. The zero-order chi connectivity index (χ0) is 22.2. The summed E-state index contributed by atoms with van der Waals surface area (Å²) in [5.41, 5.74) is 6.68. The number of hydrogen-bond acceptors (Lipinski definition) is 4. The molecule has 0 saturated carbocycles. The van der Waals surface area contributed by atoms with Crippen molar-refractivity contribution in [2.45, 2.75) is 0 Å². The van der Waals surface area contributed by atoms with E-state index in [2.05, 4.69) is 81.6 Å². The van der Waals surface area contributed by atoms with Gasteiger partial charge in [0.25, 0.3) is 0 Å². The second-order valence-corrected chi connectivity index (χ2v) is 10.0. The standard InChI is InChI=1S/C26H20I2O4/c1-29-17-7-3-15(4-8-17)23-19-11-12-22-25(26(19)32-14-20(23)27)24(21(28)13-31-22)16-5-9-18(30-2)10-6-16/h3-12H,13-14H2,1-2H3. The van der Waals surface area contributed by atoms with Crippen molar-refractivity contribution < 1.29 is 18.9 Å². The van der Waals surface area contributed by atoms with Crippen molar-refractivity contribution in [3.8, 4) is 23.0 Å². The summed E-state index contributed by atoms with van der Waals surface area (Å²) in [4.78, 5) is 0. The van der Waals surface area contributed by atoms with E-state index in [4.69, 9.17) is 18.9 Å². The van der Waals surface area contributed by atoms with Crippen molar-refractivity contribution in [1.29, 1.82) is 0 Å². The van der Waals surface area contributed by atoms with Crippen LogP contribution in [-0.4, -0.2) is 27.4 Å². The van der Waals surface area contributed by atoms with Crippen molar-refractivity contribution in [2.75, 3.05) is 27.4 Å². The van der Waals surface area contributed by atoms with Crippen LogP contribution < -0.4 is 18.9 Å². The average Bonchev–Trinajstić information content (AvgIpc) is 2.84. The second-order valence-electron chi connectivity index (χ2n) is 7.41. The molecule has 0 saturated heterocycles. The Bertz CT molecular complexity index is 1240. The summed E-state index contributed by atoms with van der Waals surface area (Å²) in [7, 11) is 3.36. The van der Waals surface area contributed by atoms with Crippen LogP contribution in [0.1, 0.15) is 22.3 Å². The lowest BCUT2D eigenvalue weighted by Crippen LogP contribution is -2.15. The Morgan fingerprint density at radius 1 is 0.656 bits per heavy atom. The highest BCUT2D eigenvalue weighted by Crippen LogP contribution is 2.50. The van der Waals surface area contributed by atoms with Crippen LogP contribution in [0.2, 0.25) is 0 Å². The molecule has 2 aliphatic rings. The number of hydrogen-bond donors (Lipinski definition) is 0. The summed E-state index contributed by atoms with van der Waals surface area (Å²) in [6, 6.07) is 20.5. The zero-order valence-corrected chi connectivity index (χ0v) is 21.9. The Balaban J connectivity index is 1.68. The van der Waals surface area contributed by atoms with Gasteiger partial charge in [0.15, 0.2) is 0 Å².